The van der Waals surface area contributed by atoms with Crippen LogP contribution in [0.3, 0.4) is 0 Å². The van der Waals surface area contributed by atoms with Gasteiger partial charge in [-0.1, -0.05) is 11.6 Å². The molecule has 1 aromatic heterocycles. The normalized spacial score (nSPS) is 10.2. The number of carbonyl (C=O) groups is 1. The Bertz CT molecular complexity index is 295. The molecule has 0 fully saturated rings. The summed E-state index contributed by atoms with van der Waals surface area (Å²) in [6.07, 6.45) is 0.382. The summed E-state index contributed by atoms with van der Waals surface area (Å²) in [5.41, 5.74) is 0.597. The standard InChI is InChI=1S/C7H8ClNO3/c8-5-3-4(1-2-10)9-6(5)7(11)12/h3,9-10H,1-2H2,(H,11,12). The van der Waals surface area contributed by atoms with Crippen LogP contribution in [-0.4, -0.2) is 27.8 Å². The van der Waals surface area contributed by atoms with Crippen LogP contribution in [0.25, 0.3) is 0 Å². The first-order valence-electron chi connectivity index (χ1n) is 3.36. The number of carboxylic acids is 1. The Morgan fingerprint density at radius 2 is 2.33 bits per heavy atom. The van der Waals surface area contributed by atoms with Crippen LogP contribution in [0.2, 0.25) is 5.02 Å². The third kappa shape index (κ3) is 1.78. The topological polar surface area (TPSA) is 73.3 Å². The quantitative estimate of drug-likeness (QED) is 0.662. The van der Waals surface area contributed by atoms with Gasteiger partial charge in [-0.15, -0.1) is 0 Å². The van der Waals surface area contributed by atoms with Gasteiger partial charge in [0, 0.05) is 18.7 Å². The van der Waals surface area contributed by atoms with Gasteiger partial charge in [0.15, 0.2) is 0 Å². The highest BCUT2D eigenvalue weighted by Crippen LogP contribution is 2.17. The van der Waals surface area contributed by atoms with Crippen LogP contribution in [0, 0.1) is 0 Å². The van der Waals surface area contributed by atoms with E-state index in [-0.39, 0.29) is 17.3 Å². The van der Waals surface area contributed by atoms with Gasteiger partial charge in [-0.2, -0.15) is 0 Å². The molecule has 0 aliphatic rings. The first-order valence-corrected chi connectivity index (χ1v) is 3.74. The molecule has 0 saturated carbocycles. The van der Waals surface area contributed by atoms with E-state index in [0.717, 1.165) is 0 Å². The fourth-order valence-corrected chi connectivity index (χ4v) is 1.15. The molecule has 4 nitrogen and oxygen atoms in total. The summed E-state index contributed by atoms with van der Waals surface area (Å²) in [5.74, 6) is -1.09. The minimum Gasteiger partial charge on any atom is -0.477 e. The molecule has 0 aliphatic carbocycles. The number of rotatable bonds is 3. The average Bonchev–Trinajstić information content (AvgIpc) is 2.32. The zero-order valence-electron chi connectivity index (χ0n) is 6.17. The maximum absolute atomic E-state index is 10.5. The number of aromatic amines is 1. The minimum atomic E-state index is -1.09. The average molecular weight is 190 g/mol. The Hall–Kier alpha value is -1.00. The number of aromatic nitrogens is 1. The summed E-state index contributed by atoms with van der Waals surface area (Å²) in [6.45, 7) is -0.0318. The number of halogens is 1. The van der Waals surface area contributed by atoms with E-state index in [1.54, 1.807) is 0 Å². The highest BCUT2D eigenvalue weighted by atomic mass is 35.5. The van der Waals surface area contributed by atoms with Crippen molar-refractivity contribution in [3.05, 3.63) is 22.5 Å². The van der Waals surface area contributed by atoms with Crippen LogP contribution >= 0.6 is 11.6 Å². The number of nitrogens with one attached hydrogen (secondary N) is 1. The van der Waals surface area contributed by atoms with E-state index in [0.29, 0.717) is 12.1 Å². The Balaban J connectivity index is 2.92. The molecule has 0 bridgehead atoms. The zero-order chi connectivity index (χ0) is 9.14. The third-order valence-electron chi connectivity index (χ3n) is 1.42. The van der Waals surface area contributed by atoms with Gasteiger partial charge in [0.2, 0.25) is 0 Å². The van der Waals surface area contributed by atoms with Crippen molar-refractivity contribution in [2.75, 3.05) is 6.61 Å². The van der Waals surface area contributed by atoms with E-state index < -0.39 is 5.97 Å². The van der Waals surface area contributed by atoms with Crippen molar-refractivity contribution in [1.82, 2.24) is 4.98 Å². The molecule has 12 heavy (non-hydrogen) atoms. The monoisotopic (exact) mass is 189 g/mol. The summed E-state index contributed by atoms with van der Waals surface area (Å²) < 4.78 is 0. The predicted octanol–water partition coefficient (Wildman–Crippen LogP) is 0.901. The first kappa shape index (κ1) is 9.09. The van der Waals surface area contributed by atoms with Crippen molar-refractivity contribution in [3.63, 3.8) is 0 Å². The van der Waals surface area contributed by atoms with E-state index in [2.05, 4.69) is 4.98 Å². The molecule has 0 aromatic carbocycles. The summed E-state index contributed by atoms with van der Waals surface area (Å²) in [5, 5.41) is 17.3. The second-order valence-electron chi connectivity index (χ2n) is 2.30. The van der Waals surface area contributed by atoms with Crippen molar-refractivity contribution in [3.8, 4) is 0 Å². The molecular formula is C7H8ClNO3. The lowest BCUT2D eigenvalue weighted by Crippen LogP contribution is -1.98. The molecule has 0 spiro atoms. The van der Waals surface area contributed by atoms with Crippen LogP contribution in [0.4, 0.5) is 0 Å². The summed E-state index contributed by atoms with van der Waals surface area (Å²) >= 11 is 5.58. The molecule has 66 valence electrons. The SMILES string of the molecule is O=C(O)c1[nH]c(CCO)cc1Cl. The van der Waals surface area contributed by atoms with Crippen LogP contribution in [-0.2, 0) is 6.42 Å². The fraction of sp³-hybridized carbons (Fsp3) is 0.286. The Morgan fingerprint density at radius 1 is 1.67 bits per heavy atom. The smallest absolute Gasteiger partial charge is 0.353 e. The van der Waals surface area contributed by atoms with Crippen LogP contribution in [0.1, 0.15) is 16.2 Å². The van der Waals surface area contributed by atoms with Gasteiger partial charge in [-0.3, -0.25) is 0 Å². The second kappa shape index (κ2) is 3.60. The highest BCUT2D eigenvalue weighted by Gasteiger charge is 2.11. The lowest BCUT2D eigenvalue weighted by Gasteiger charge is -1.90. The van der Waals surface area contributed by atoms with Crippen LogP contribution < -0.4 is 0 Å². The van der Waals surface area contributed by atoms with E-state index in [4.69, 9.17) is 21.8 Å². The molecule has 1 rings (SSSR count). The molecule has 3 N–H and O–H groups in total. The summed E-state index contributed by atoms with van der Waals surface area (Å²) in [7, 11) is 0. The number of aliphatic hydroxyl groups excluding tert-OH is 1. The lowest BCUT2D eigenvalue weighted by atomic mass is 10.3. The van der Waals surface area contributed by atoms with E-state index in [1.807, 2.05) is 0 Å². The van der Waals surface area contributed by atoms with E-state index >= 15 is 0 Å². The molecule has 0 unspecified atom stereocenters. The van der Waals surface area contributed by atoms with Gasteiger partial charge in [-0.05, 0) is 6.07 Å². The van der Waals surface area contributed by atoms with Crippen molar-refractivity contribution >= 4 is 17.6 Å². The lowest BCUT2D eigenvalue weighted by molar-refractivity contribution is 0.0691. The maximum Gasteiger partial charge on any atom is 0.353 e. The number of hydrogen-bond acceptors (Lipinski definition) is 2. The molecular weight excluding hydrogens is 182 g/mol. The number of aromatic carboxylic acids is 1. The van der Waals surface area contributed by atoms with Gasteiger partial charge in [0.25, 0.3) is 0 Å². The second-order valence-corrected chi connectivity index (χ2v) is 2.70. The minimum absolute atomic E-state index is 0.0277. The fourth-order valence-electron chi connectivity index (χ4n) is 0.892. The predicted molar refractivity (Wildman–Crippen MR) is 43.6 cm³/mol. The van der Waals surface area contributed by atoms with Crippen LogP contribution in [0.15, 0.2) is 6.07 Å². The van der Waals surface area contributed by atoms with Gasteiger partial charge in [0.1, 0.15) is 5.69 Å². The van der Waals surface area contributed by atoms with Gasteiger partial charge in [-0.25, -0.2) is 4.79 Å². The summed E-state index contributed by atoms with van der Waals surface area (Å²) in [4.78, 5) is 13.1. The molecule has 5 heteroatoms. The van der Waals surface area contributed by atoms with Gasteiger partial charge >= 0.3 is 5.97 Å². The highest BCUT2D eigenvalue weighted by molar-refractivity contribution is 6.33. The zero-order valence-corrected chi connectivity index (χ0v) is 6.93. The Labute approximate surface area is 73.8 Å². The number of carboxylic acid groups (broad SMARTS) is 1. The molecule has 0 aliphatic heterocycles. The van der Waals surface area contributed by atoms with Gasteiger partial charge < -0.3 is 15.2 Å². The first-order chi connectivity index (χ1) is 5.65. The molecule has 1 aromatic rings. The summed E-state index contributed by atoms with van der Waals surface area (Å²) in [6, 6.07) is 1.50. The number of aliphatic hydroxyl groups is 1. The van der Waals surface area contributed by atoms with E-state index in [9.17, 15) is 4.79 Å². The van der Waals surface area contributed by atoms with Crippen LogP contribution in [0.5, 0.6) is 0 Å². The molecule has 0 amide bonds. The number of hydrogen-bond donors (Lipinski definition) is 3. The van der Waals surface area contributed by atoms with Crippen molar-refractivity contribution < 1.29 is 15.0 Å². The van der Waals surface area contributed by atoms with E-state index in [1.165, 1.54) is 6.07 Å². The maximum atomic E-state index is 10.5. The van der Waals surface area contributed by atoms with Crippen molar-refractivity contribution in [2.45, 2.75) is 6.42 Å². The third-order valence-corrected chi connectivity index (χ3v) is 1.72. The molecule has 1 heterocycles. The molecule has 0 saturated heterocycles. The Morgan fingerprint density at radius 3 is 2.75 bits per heavy atom. The van der Waals surface area contributed by atoms with Gasteiger partial charge in [0.05, 0.1) is 5.02 Å². The molecule has 0 atom stereocenters. The number of H-pyrrole nitrogens is 1. The largest absolute Gasteiger partial charge is 0.477 e. The molecule has 0 radical (unpaired) electrons. The Kier molecular flexibility index (Phi) is 2.73. The van der Waals surface area contributed by atoms with Crippen molar-refractivity contribution in [1.29, 1.82) is 0 Å². The van der Waals surface area contributed by atoms with Crippen molar-refractivity contribution in [2.24, 2.45) is 0 Å².